The minimum Gasteiger partial charge on any atom is -0.373 e. The van der Waals surface area contributed by atoms with Crippen LogP contribution in [0.3, 0.4) is 0 Å². The van der Waals surface area contributed by atoms with Crippen LogP contribution in [-0.2, 0) is 16.0 Å². The number of benzene rings is 1. The Morgan fingerprint density at radius 3 is 3.05 bits per heavy atom. The van der Waals surface area contributed by atoms with E-state index < -0.39 is 0 Å². The molecule has 1 saturated heterocycles. The van der Waals surface area contributed by atoms with Crippen molar-refractivity contribution >= 4 is 18.3 Å². The maximum Gasteiger partial charge on any atom is 0.223 e. The summed E-state index contributed by atoms with van der Waals surface area (Å²) in [6.07, 6.45) is 3.44. The first kappa shape index (κ1) is 17.3. The fourth-order valence-electron chi connectivity index (χ4n) is 3.32. The molecule has 2 aliphatic rings. The van der Waals surface area contributed by atoms with Crippen LogP contribution >= 0.6 is 12.4 Å². The number of fused-ring (bicyclic) bond motifs is 1. The van der Waals surface area contributed by atoms with Crippen LogP contribution in [0.2, 0.25) is 0 Å². The zero-order chi connectivity index (χ0) is 14.7. The molecule has 2 aliphatic heterocycles. The van der Waals surface area contributed by atoms with E-state index in [1.807, 2.05) is 6.07 Å². The Morgan fingerprint density at radius 2 is 2.23 bits per heavy atom. The molecule has 1 amide bonds. The smallest absolute Gasteiger partial charge is 0.223 e. The molecule has 2 heterocycles. The number of hydrogen-bond donors (Lipinski definition) is 2. The van der Waals surface area contributed by atoms with E-state index in [-0.39, 0.29) is 30.5 Å². The first-order valence-corrected chi connectivity index (χ1v) is 7.96. The van der Waals surface area contributed by atoms with Gasteiger partial charge in [-0.25, -0.2) is 0 Å². The van der Waals surface area contributed by atoms with Crippen molar-refractivity contribution in [3.05, 3.63) is 35.4 Å². The van der Waals surface area contributed by atoms with E-state index in [4.69, 9.17) is 4.74 Å². The van der Waals surface area contributed by atoms with Crippen LogP contribution in [0.4, 0.5) is 0 Å². The van der Waals surface area contributed by atoms with E-state index in [2.05, 4.69) is 35.8 Å². The highest BCUT2D eigenvalue weighted by Crippen LogP contribution is 2.29. The summed E-state index contributed by atoms with van der Waals surface area (Å²) in [5.41, 5.74) is 2.49. The van der Waals surface area contributed by atoms with Gasteiger partial charge in [0, 0.05) is 12.1 Å². The summed E-state index contributed by atoms with van der Waals surface area (Å²) >= 11 is 0. The van der Waals surface area contributed by atoms with Gasteiger partial charge in [0.15, 0.2) is 0 Å². The van der Waals surface area contributed by atoms with Crippen LogP contribution in [0, 0.1) is 0 Å². The summed E-state index contributed by atoms with van der Waals surface area (Å²) < 4.78 is 5.81. The molecule has 3 unspecified atom stereocenters. The Morgan fingerprint density at radius 1 is 1.41 bits per heavy atom. The molecule has 5 heteroatoms. The Bertz CT molecular complexity index is 509. The molecule has 1 aromatic rings. The standard InChI is InChI=1S/C17H24N2O2.ClH/c1-12-15(7-4-9-18-12)19-17(20)11-16-14-6-3-2-5-13(14)8-10-21-16;/h2-3,5-6,12,15-16,18H,4,7-11H2,1H3,(H,19,20);1H. The number of hydrogen-bond acceptors (Lipinski definition) is 3. The predicted molar refractivity (Wildman–Crippen MR) is 89.3 cm³/mol. The molecule has 22 heavy (non-hydrogen) atoms. The molecule has 3 atom stereocenters. The molecule has 0 saturated carbocycles. The van der Waals surface area contributed by atoms with Crippen molar-refractivity contribution in [2.45, 2.75) is 50.8 Å². The Balaban J connectivity index is 0.00000176. The number of carbonyl (C=O) groups excluding carboxylic acids is 1. The normalized spacial score (nSPS) is 27.4. The molecule has 1 fully saturated rings. The number of nitrogens with one attached hydrogen (secondary N) is 2. The lowest BCUT2D eigenvalue weighted by Crippen LogP contribution is -2.52. The van der Waals surface area contributed by atoms with E-state index in [9.17, 15) is 4.79 Å². The molecule has 1 aromatic carbocycles. The van der Waals surface area contributed by atoms with Gasteiger partial charge < -0.3 is 15.4 Å². The van der Waals surface area contributed by atoms with Crippen molar-refractivity contribution in [3.63, 3.8) is 0 Å². The SMILES string of the molecule is CC1NCCCC1NC(=O)CC1OCCc2ccccc21.Cl. The molecule has 2 N–H and O–H groups in total. The number of rotatable bonds is 3. The first-order valence-electron chi connectivity index (χ1n) is 7.96. The zero-order valence-corrected chi connectivity index (χ0v) is 13.8. The van der Waals surface area contributed by atoms with Crippen molar-refractivity contribution in [2.75, 3.05) is 13.2 Å². The summed E-state index contributed by atoms with van der Waals surface area (Å²) in [7, 11) is 0. The van der Waals surface area contributed by atoms with Gasteiger partial charge in [0.1, 0.15) is 0 Å². The van der Waals surface area contributed by atoms with E-state index >= 15 is 0 Å². The lowest BCUT2D eigenvalue weighted by atomic mass is 9.95. The second kappa shape index (κ2) is 7.95. The number of amides is 1. The number of piperidine rings is 1. The Kier molecular flexibility index (Phi) is 6.24. The second-order valence-corrected chi connectivity index (χ2v) is 6.07. The van der Waals surface area contributed by atoms with Crippen molar-refractivity contribution in [1.29, 1.82) is 0 Å². The predicted octanol–water partition coefficient (Wildman–Crippen LogP) is 2.37. The van der Waals surface area contributed by atoms with Crippen molar-refractivity contribution in [1.82, 2.24) is 10.6 Å². The molecular formula is C17H25ClN2O2. The fourth-order valence-corrected chi connectivity index (χ4v) is 3.32. The molecule has 0 aliphatic carbocycles. The molecule has 4 nitrogen and oxygen atoms in total. The monoisotopic (exact) mass is 324 g/mol. The summed E-state index contributed by atoms with van der Waals surface area (Å²) in [6, 6.07) is 8.88. The highest BCUT2D eigenvalue weighted by atomic mass is 35.5. The maximum absolute atomic E-state index is 12.3. The molecule has 0 bridgehead atoms. The molecule has 122 valence electrons. The van der Waals surface area contributed by atoms with Gasteiger partial charge in [0.25, 0.3) is 0 Å². The van der Waals surface area contributed by atoms with E-state index in [1.165, 1.54) is 11.1 Å². The molecule has 0 radical (unpaired) electrons. The summed E-state index contributed by atoms with van der Waals surface area (Å²) in [4.78, 5) is 12.3. The average molecular weight is 325 g/mol. The van der Waals surface area contributed by atoms with Gasteiger partial charge in [0.05, 0.1) is 19.1 Å². The molecule has 3 rings (SSSR count). The fraction of sp³-hybridized carbons (Fsp3) is 0.588. The number of halogens is 1. The molecule has 0 spiro atoms. The quantitative estimate of drug-likeness (QED) is 0.897. The van der Waals surface area contributed by atoms with Crippen LogP contribution in [0.15, 0.2) is 24.3 Å². The largest absolute Gasteiger partial charge is 0.373 e. The third kappa shape index (κ3) is 4.00. The first-order chi connectivity index (χ1) is 10.2. The number of carbonyl (C=O) groups is 1. The molecule has 0 aromatic heterocycles. The van der Waals surface area contributed by atoms with Crippen molar-refractivity contribution in [2.24, 2.45) is 0 Å². The van der Waals surface area contributed by atoms with Crippen LogP contribution < -0.4 is 10.6 Å². The van der Waals surface area contributed by atoms with Gasteiger partial charge in [-0.15, -0.1) is 12.4 Å². The summed E-state index contributed by atoms with van der Waals surface area (Å²) in [5.74, 6) is 0.0947. The van der Waals surface area contributed by atoms with Crippen LogP contribution in [0.5, 0.6) is 0 Å². The Hall–Kier alpha value is -1.10. The third-order valence-electron chi connectivity index (χ3n) is 4.57. The van der Waals surface area contributed by atoms with Crippen molar-refractivity contribution in [3.8, 4) is 0 Å². The van der Waals surface area contributed by atoms with Crippen LogP contribution in [0.1, 0.15) is 43.4 Å². The average Bonchev–Trinajstić information content (AvgIpc) is 2.50. The van der Waals surface area contributed by atoms with E-state index in [0.29, 0.717) is 19.1 Å². The zero-order valence-electron chi connectivity index (χ0n) is 13.0. The van der Waals surface area contributed by atoms with Gasteiger partial charge in [0.2, 0.25) is 5.91 Å². The van der Waals surface area contributed by atoms with Gasteiger partial charge in [-0.2, -0.15) is 0 Å². The van der Waals surface area contributed by atoms with Gasteiger partial charge >= 0.3 is 0 Å². The third-order valence-corrected chi connectivity index (χ3v) is 4.57. The highest BCUT2D eigenvalue weighted by molar-refractivity contribution is 5.85. The minimum atomic E-state index is -0.0956. The Labute approximate surface area is 138 Å². The van der Waals surface area contributed by atoms with Gasteiger partial charge in [-0.3, -0.25) is 4.79 Å². The topological polar surface area (TPSA) is 50.4 Å². The number of ether oxygens (including phenoxy) is 1. The molecular weight excluding hydrogens is 300 g/mol. The van der Waals surface area contributed by atoms with Gasteiger partial charge in [-0.1, -0.05) is 24.3 Å². The maximum atomic E-state index is 12.3. The summed E-state index contributed by atoms with van der Waals surface area (Å²) in [5, 5.41) is 6.58. The van der Waals surface area contributed by atoms with Crippen LogP contribution in [-0.4, -0.2) is 31.1 Å². The second-order valence-electron chi connectivity index (χ2n) is 6.07. The van der Waals surface area contributed by atoms with Crippen molar-refractivity contribution < 1.29 is 9.53 Å². The highest BCUT2D eigenvalue weighted by Gasteiger charge is 2.26. The van der Waals surface area contributed by atoms with Gasteiger partial charge in [-0.05, 0) is 43.9 Å². The summed E-state index contributed by atoms with van der Waals surface area (Å²) in [6.45, 7) is 3.89. The lowest BCUT2D eigenvalue weighted by molar-refractivity contribution is -0.125. The van der Waals surface area contributed by atoms with E-state index in [0.717, 1.165) is 25.8 Å². The minimum absolute atomic E-state index is 0. The van der Waals surface area contributed by atoms with Crippen LogP contribution in [0.25, 0.3) is 0 Å². The lowest BCUT2D eigenvalue weighted by Gasteiger charge is -2.31. The van der Waals surface area contributed by atoms with E-state index in [1.54, 1.807) is 0 Å².